The Balaban J connectivity index is 1.22. The molecule has 0 bridgehead atoms. The van der Waals surface area contributed by atoms with Gasteiger partial charge in [-0.3, -0.25) is 0 Å². The maximum atomic E-state index is 6.24. The Kier molecular flexibility index (Phi) is 5.78. The molecular weight excluding hydrogens is 591 g/mol. The molecule has 2 heterocycles. The molecule has 0 saturated heterocycles. The summed E-state index contributed by atoms with van der Waals surface area (Å²) < 4.78 is 8.88. The Labute approximate surface area is 275 Å². The molecule has 0 unspecified atom stereocenters. The Morgan fingerprint density at radius 2 is 1.06 bits per heavy atom. The van der Waals surface area contributed by atoms with Crippen LogP contribution in [0.25, 0.3) is 74.8 Å². The lowest BCUT2D eigenvalue weighted by Crippen LogP contribution is -2.10. The monoisotopic (exact) mass is 617 g/mol. The van der Waals surface area contributed by atoms with Crippen molar-refractivity contribution in [3.63, 3.8) is 0 Å². The largest absolute Gasteiger partial charge is 0.456 e. The smallest absolute Gasteiger partial charge is 0.135 e. The number of hydrogen-bond donors (Lipinski definition) is 0. The average molecular weight is 618 g/mol. The van der Waals surface area contributed by atoms with Crippen molar-refractivity contribution in [1.82, 2.24) is 0 Å². The highest BCUT2D eigenvalue weighted by atomic mass is 32.1. The van der Waals surface area contributed by atoms with Crippen molar-refractivity contribution in [2.24, 2.45) is 0 Å². The van der Waals surface area contributed by atoms with Gasteiger partial charge >= 0.3 is 0 Å². The van der Waals surface area contributed by atoms with E-state index in [1.807, 2.05) is 23.5 Å². The minimum Gasteiger partial charge on any atom is -0.456 e. The van der Waals surface area contributed by atoms with Crippen molar-refractivity contribution >= 4 is 92.1 Å². The summed E-state index contributed by atoms with van der Waals surface area (Å²) in [6, 6.07) is 59.2. The van der Waals surface area contributed by atoms with E-state index in [4.69, 9.17) is 4.42 Å². The Bertz CT molecular complexity index is 2820. The van der Waals surface area contributed by atoms with Crippen LogP contribution in [0.2, 0.25) is 0 Å². The van der Waals surface area contributed by atoms with Crippen LogP contribution >= 0.6 is 11.3 Å². The van der Waals surface area contributed by atoms with Gasteiger partial charge in [0, 0.05) is 47.7 Å². The molecule has 10 rings (SSSR count). The van der Waals surface area contributed by atoms with E-state index in [-0.39, 0.29) is 0 Å². The first-order chi connectivity index (χ1) is 23.3. The third kappa shape index (κ3) is 4.17. The van der Waals surface area contributed by atoms with E-state index in [2.05, 4.69) is 157 Å². The molecule has 0 amide bonds. The molecule has 8 aromatic carbocycles. The number of furan rings is 1. The van der Waals surface area contributed by atoms with Crippen LogP contribution in [0.15, 0.2) is 168 Å². The molecule has 220 valence electrons. The zero-order chi connectivity index (χ0) is 30.9. The standard InChI is InChI=1S/C44H27NOS/c1-2-13-33-30(10-1)25-40(35-15-4-3-14-34(33)35)45(32-21-23-42-39(27-32)36-16-5-7-18-41(36)46-42)31-12-9-11-28(24-31)29-20-22-38-37-17-6-8-19-43(37)47-44(38)26-29/h1-27H. The molecule has 0 spiro atoms. The molecule has 10 aromatic rings. The summed E-state index contributed by atoms with van der Waals surface area (Å²) in [5.74, 6) is 0. The van der Waals surface area contributed by atoms with Crippen LogP contribution in [0, 0.1) is 0 Å². The first-order valence-corrected chi connectivity index (χ1v) is 16.7. The maximum absolute atomic E-state index is 6.24. The van der Waals surface area contributed by atoms with E-state index in [9.17, 15) is 0 Å². The van der Waals surface area contributed by atoms with Gasteiger partial charge < -0.3 is 9.32 Å². The van der Waals surface area contributed by atoms with Crippen LogP contribution in [0.5, 0.6) is 0 Å². The number of rotatable bonds is 4. The van der Waals surface area contributed by atoms with Crippen molar-refractivity contribution in [2.45, 2.75) is 0 Å². The maximum Gasteiger partial charge on any atom is 0.135 e. The highest BCUT2D eigenvalue weighted by Gasteiger charge is 2.19. The second kappa shape index (κ2) is 10.3. The van der Waals surface area contributed by atoms with E-state index in [1.165, 1.54) is 52.8 Å². The SMILES string of the molecule is c1cc(-c2ccc3c(c2)sc2ccccc23)cc(N(c2ccc3oc4ccccc4c3c2)c2cc3ccccc3c3ccccc23)c1. The third-order valence-corrected chi connectivity index (χ3v) is 10.6. The molecular formula is C44H27NOS. The number of para-hydroxylation sites is 1. The van der Waals surface area contributed by atoms with Gasteiger partial charge in [0.25, 0.3) is 0 Å². The molecule has 0 radical (unpaired) electrons. The lowest BCUT2D eigenvalue weighted by atomic mass is 9.98. The second-order valence-corrected chi connectivity index (χ2v) is 13.2. The van der Waals surface area contributed by atoms with Crippen LogP contribution in [0.3, 0.4) is 0 Å². The molecule has 47 heavy (non-hydrogen) atoms. The Morgan fingerprint density at radius 1 is 0.383 bits per heavy atom. The zero-order valence-corrected chi connectivity index (χ0v) is 26.2. The molecule has 2 aromatic heterocycles. The van der Waals surface area contributed by atoms with Crippen molar-refractivity contribution in [3.05, 3.63) is 164 Å². The summed E-state index contributed by atoms with van der Waals surface area (Å²) >= 11 is 1.86. The predicted octanol–water partition coefficient (Wildman–Crippen LogP) is 13.4. The lowest BCUT2D eigenvalue weighted by molar-refractivity contribution is 0.669. The van der Waals surface area contributed by atoms with E-state index < -0.39 is 0 Å². The Morgan fingerprint density at radius 3 is 1.98 bits per heavy atom. The molecule has 0 atom stereocenters. The molecule has 0 N–H and O–H groups in total. The fraction of sp³-hybridized carbons (Fsp3) is 0. The number of fused-ring (bicyclic) bond motifs is 9. The summed E-state index contributed by atoms with van der Waals surface area (Å²) in [5.41, 5.74) is 7.53. The number of hydrogen-bond acceptors (Lipinski definition) is 3. The minimum atomic E-state index is 0.892. The summed E-state index contributed by atoms with van der Waals surface area (Å²) in [7, 11) is 0. The molecule has 0 aliphatic rings. The fourth-order valence-corrected chi connectivity index (χ4v) is 8.38. The molecule has 3 heteroatoms. The van der Waals surface area contributed by atoms with Gasteiger partial charge in [0.1, 0.15) is 11.2 Å². The quantitative estimate of drug-likeness (QED) is 0.183. The van der Waals surface area contributed by atoms with E-state index in [0.717, 1.165) is 39.0 Å². The summed E-state index contributed by atoms with van der Waals surface area (Å²) in [4.78, 5) is 2.41. The topological polar surface area (TPSA) is 16.4 Å². The number of benzene rings is 8. The number of anilines is 3. The second-order valence-electron chi connectivity index (χ2n) is 12.1. The van der Waals surface area contributed by atoms with Crippen LogP contribution in [0.4, 0.5) is 17.1 Å². The van der Waals surface area contributed by atoms with E-state index in [0.29, 0.717) is 0 Å². The summed E-state index contributed by atoms with van der Waals surface area (Å²) in [6.45, 7) is 0. The van der Waals surface area contributed by atoms with Gasteiger partial charge in [-0.2, -0.15) is 0 Å². The van der Waals surface area contributed by atoms with Gasteiger partial charge in [-0.05, 0) is 81.9 Å². The average Bonchev–Trinajstić information content (AvgIpc) is 3.70. The minimum absolute atomic E-state index is 0.892. The van der Waals surface area contributed by atoms with Gasteiger partial charge in [0.2, 0.25) is 0 Å². The van der Waals surface area contributed by atoms with Gasteiger partial charge in [-0.1, -0.05) is 109 Å². The fourth-order valence-electron chi connectivity index (χ4n) is 7.23. The van der Waals surface area contributed by atoms with E-state index >= 15 is 0 Å². The van der Waals surface area contributed by atoms with Crippen LogP contribution in [0.1, 0.15) is 0 Å². The first-order valence-electron chi connectivity index (χ1n) is 15.9. The number of nitrogens with zero attached hydrogens (tertiary/aromatic N) is 1. The van der Waals surface area contributed by atoms with Crippen molar-refractivity contribution in [2.75, 3.05) is 4.90 Å². The van der Waals surface area contributed by atoms with Gasteiger partial charge in [0.05, 0.1) is 5.69 Å². The predicted molar refractivity (Wildman–Crippen MR) is 202 cm³/mol. The van der Waals surface area contributed by atoms with Crippen LogP contribution < -0.4 is 4.90 Å². The van der Waals surface area contributed by atoms with Crippen LogP contribution in [-0.2, 0) is 0 Å². The number of thiophene rings is 1. The van der Waals surface area contributed by atoms with Gasteiger partial charge in [0.15, 0.2) is 0 Å². The highest BCUT2D eigenvalue weighted by Crippen LogP contribution is 2.45. The molecule has 0 saturated carbocycles. The van der Waals surface area contributed by atoms with Crippen molar-refractivity contribution in [1.29, 1.82) is 0 Å². The van der Waals surface area contributed by atoms with Gasteiger partial charge in [-0.25, -0.2) is 0 Å². The van der Waals surface area contributed by atoms with E-state index in [1.54, 1.807) is 0 Å². The normalized spacial score (nSPS) is 11.8. The third-order valence-electron chi connectivity index (χ3n) is 9.42. The highest BCUT2D eigenvalue weighted by molar-refractivity contribution is 7.25. The molecule has 0 aliphatic heterocycles. The first kappa shape index (κ1) is 26.3. The van der Waals surface area contributed by atoms with Crippen molar-refractivity contribution in [3.8, 4) is 11.1 Å². The molecule has 0 aliphatic carbocycles. The summed E-state index contributed by atoms with van der Waals surface area (Å²) in [5, 5.41) is 9.80. The molecule has 2 nitrogen and oxygen atoms in total. The Hall–Kier alpha value is -5.90. The van der Waals surface area contributed by atoms with Crippen LogP contribution in [-0.4, -0.2) is 0 Å². The molecule has 0 fully saturated rings. The van der Waals surface area contributed by atoms with Crippen molar-refractivity contribution < 1.29 is 4.42 Å². The zero-order valence-electron chi connectivity index (χ0n) is 25.4. The van der Waals surface area contributed by atoms with Gasteiger partial charge in [-0.15, -0.1) is 11.3 Å². The lowest BCUT2D eigenvalue weighted by Gasteiger charge is -2.28. The summed E-state index contributed by atoms with van der Waals surface area (Å²) in [6.07, 6.45) is 0.